The average Bonchev–Trinajstić information content (AvgIpc) is 2.70. The Balaban J connectivity index is 1.89. The molecule has 0 spiro atoms. The van der Waals surface area contributed by atoms with E-state index >= 15 is 0 Å². The molecule has 0 aliphatic carbocycles. The lowest BCUT2D eigenvalue weighted by molar-refractivity contribution is 0.402. The van der Waals surface area contributed by atoms with E-state index in [-0.39, 0.29) is 0 Å². The zero-order valence-corrected chi connectivity index (χ0v) is 10.3. The van der Waals surface area contributed by atoms with Gasteiger partial charge in [0.15, 0.2) is 0 Å². The van der Waals surface area contributed by atoms with Gasteiger partial charge in [0.25, 0.3) is 0 Å². The van der Waals surface area contributed by atoms with Crippen LogP contribution in [0.2, 0.25) is 0 Å². The van der Waals surface area contributed by atoms with Crippen LogP contribution in [0, 0.1) is 0 Å². The van der Waals surface area contributed by atoms with Gasteiger partial charge in [0.1, 0.15) is 0 Å². The monoisotopic (exact) mass is 229 g/mol. The molecule has 90 valence electrons. The molecule has 2 atom stereocenters. The lowest BCUT2D eigenvalue weighted by atomic mass is 9.90. The minimum absolute atomic E-state index is 0.713. The summed E-state index contributed by atoms with van der Waals surface area (Å²) in [4.78, 5) is 5.08. The molecule has 0 aromatic heterocycles. The maximum absolute atomic E-state index is 3.55. The molecule has 0 bridgehead atoms. The molecule has 3 nitrogen and oxygen atoms in total. The van der Waals surface area contributed by atoms with Gasteiger partial charge in [0.05, 0.1) is 11.4 Å². The first-order chi connectivity index (χ1) is 8.36. The van der Waals surface area contributed by atoms with E-state index in [0.29, 0.717) is 5.92 Å². The second-order valence-corrected chi connectivity index (χ2v) is 5.50. The number of fused-ring (bicyclic) bond motifs is 3. The highest BCUT2D eigenvalue weighted by Crippen LogP contribution is 2.49. The molecule has 0 unspecified atom stereocenters. The number of piperidine rings is 1. The predicted octanol–water partition coefficient (Wildman–Crippen LogP) is 1.40. The van der Waals surface area contributed by atoms with Gasteiger partial charge in [-0.15, -0.1) is 0 Å². The highest BCUT2D eigenvalue weighted by molar-refractivity contribution is 5.80. The van der Waals surface area contributed by atoms with Crippen LogP contribution in [0.1, 0.15) is 17.9 Å². The summed E-state index contributed by atoms with van der Waals surface area (Å²) in [5.74, 6) is 0.713. The Labute approximate surface area is 102 Å². The van der Waals surface area contributed by atoms with E-state index in [4.69, 9.17) is 0 Å². The van der Waals surface area contributed by atoms with Gasteiger partial charge in [-0.2, -0.15) is 0 Å². The molecule has 1 aromatic rings. The Bertz CT molecular complexity index is 457. The Morgan fingerprint density at radius 3 is 3.18 bits per heavy atom. The summed E-state index contributed by atoms with van der Waals surface area (Å²) in [6.07, 6.45) is 1.29. The normalized spacial score (nSPS) is 30.2. The van der Waals surface area contributed by atoms with E-state index < -0.39 is 0 Å². The van der Waals surface area contributed by atoms with Gasteiger partial charge in [-0.3, -0.25) is 0 Å². The van der Waals surface area contributed by atoms with Crippen molar-refractivity contribution < 1.29 is 0 Å². The summed E-state index contributed by atoms with van der Waals surface area (Å²) in [7, 11) is 2.22. The second-order valence-electron chi connectivity index (χ2n) is 5.50. The molecule has 1 saturated heterocycles. The lowest BCUT2D eigenvalue weighted by Crippen LogP contribution is -2.48. The van der Waals surface area contributed by atoms with Crippen LogP contribution in [0.3, 0.4) is 0 Å². The minimum Gasteiger partial charge on any atom is -0.371 e. The quantitative estimate of drug-likeness (QED) is 0.725. The van der Waals surface area contributed by atoms with Crippen molar-refractivity contribution in [3.05, 3.63) is 23.8 Å². The van der Waals surface area contributed by atoms with E-state index in [0.717, 1.165) is 19.1 Å². The molecule has 0 saturated carbocycles. The van der Waals surface area contributed by atoms with Crippen molar-refractivity contribution in [3.63, 3.8) is 0 Å². The minimum atomic E-state index is 0.713. The Morgan fingerprint density at radius 1 is 1.29 bits per heavy atom. The fraction of sp³-hybridized carbons (Fsp3) is 0.571. The van der Waals surface area contributed by atoms with Crippen LogP contribution >= 0.6 is 0 Å². The molecule has 1 N–H and O–H groups in total. The molecule has 4 rings (SSSR count). The number of nitrogens with zero attached hydrogens (tertiary/aromatic N) is 2. The first-order valence-electron chi connectivity index (χ1n) is 6.67. The molecular weight excluding hydrogens is 210 g/mol. The fourth-order valence-corrected chi connectivity index (χ4v) is 3.83. The molecular formula is C14H19N3. The van der Waals surface area contributed by atoms with Crippen molar-refractivity contribution >= 4 is 11.4 Å². The van der Waals surface area contributed by atoms with E-state index in [1.165, 1.54) is 30.9 Å². The number of benzene rings is 1. The zero-order valence-electron chi connectivity index (χ0n) is 10.3. The maximum atomic E-state index is 3.55. The topological polar surface area (TPSA) is 18.5 Å². The molecule has 1 aromatic carbocycles. The van der Waals surface area contributed by atoms with Crippen LogP contribution in [-0.2, 0) is 0 Å². The van der Waals surface area contributed by atoms with Gasteiger partial charge in [-0.25, -0.2) is 0 Å². The third kappa shape index (κ3) is 1.20. The molecule has 17 heavy (non-hydrogen) atoms. The van der Waals surface area contributed by atoms with Crippen LogP contribution in [0.5, 0.6) is 0 Å². The van der Waals surface area contributed by atoms with Crippen LogP contribution in [0.15, 0.2) is 18.2 Å². The highest BCUT2D eigenvalue weighted by atomic mass is 15.3. The van der Waals surface area contributed by atoms with Crippen LogP contribution in [-0.4, -0.2) is 39.3 Å². The summed E-state index contributed by atoms with van der Waals surface area (Å²) < 4.78 is 0. The molecule has 0 amide bonds. The number of hydrogen-bond acceptors (Lipinski definition) is 3. The number of rotatable bonds is 0. The summed E-state index contributed by atoms with van der Waals surface area (Å²) in [5.41, 5.74) is 4.54. The number of likely N-dealkylation sites (N-methyl/N-ethyl adjacent to an activating group) is 1. The highest BCUT2D eigenvalue weighted by Gasteiger charge is 2.42. The first kappa shape index (κ1) is 9.77. The van der Waals surface area contributed by atoms with Crippen LogP contribution in [0.25, 0.3) is 0 Å². The van der Waals surface area contributed by atoms with Crippen molar-refractivity contribution in [1.29, 1.82) is 0 Å². The van der Waals surface area contributed by atoms with Crippen molar-refractivity contribution in [2.75, 3.05) is 43.0 Å². The fourth-order valence-electron chi connectivity index (χ4n) is 3.83. The van der Waals surface area contributed by atoms with E-state index in [1.807, 2.05) is 0 Å². The van der Waals surface area contributed by atoms with Crippen molar-refractivity contribution in [3.8, 4) is 0 Å². The Morgan fingerprint density at radius 2 is 2.24 bits per heavy atom. The summed E-state index contributed by atoms with van der Waals surface area (Å²) in [5, 5.41) is 3.55. The SMILES string of the molecule is CN1CCN2c3c(cccc31)[C@@H]1CNCC[C@@H]12. The smallest absolute Gasteiger partial charge is 0.0644 e. The van der Waals surface area contributed by atoms with Gasteiger partial charge in [-0.05, 0) is 24.6 Å². The van der Waals surface area contributed by atoms with E-state index in [2.05, 4.69) is 40.4 Å². The average molecular weight is 229 g/mol. The van der Waals surface area contributed by atoms with E-state index in [9.17, 15) is 0 Å². The zero-order chi connectivity index (χ0) is 11.4. The van der Waals surface area contributed by atoms with Crippen molar-refractivity contribution in [1.82, 2.24) is 5.32 Å². The number of para-hydroxylation sites is 1. The lowest BCUT2D eigenvalue weighted by Gasteiger charge is -2.39. The van der Waals surface area contributed by atoms with Gasteiger partial charge < -0.3 is 15.1 Å². The standard InChI is InChI=1S/C14H19N3/c1-16-7-8-17-12-5-6-15-9-11(12)10-3-2-4-13(16)14(10)17/h2-4,11-12,15H,5-9H2,1H3/t11-,12-/m0/s1. The summed E-state index contributed by atoms with van der Waals surface area (Å²) in [6, 6.07) is 7.59. The van der Waals surface area contributed by atoms with Crippen molar-refractivity contribution in [2.24, 2.45) is 0 Å². The number of anilines is 2. The Kier molecular flexibility index (Phi) is 1.95. The predicted molar refractivity (Wildman–Crippen MR) is 71.1 cm³/mol. The van der Waals surface area contributed by atoms with Gasteiger partial charge in [0.2, 0.25) is 0 Å². The third-order valence-electron chi connectivity index (χ3n) is 4.67. The summed E-state index contributed by atoms with van der Waals surface area (Å²) >= 11 is 0. The number of hydrogen-bond donors (Lipinski definition) is 1. The van der Waals surface area contributed by atoms with Crippen molar-refractivity contribution in [2.45, 2.75) is 18.4 Å². The molecule has 3 aliphatic heterocycles. The maximum Gasteiger partial charge on any atom is 0.0644 e. The van der Waals surface area contributed by atoms with Gasteiger partial charge in [0, 0.05) is 38.6 Å². The molecule has 3 heterocycles. The van der Waals surface area contributed by atoms with Crippen LogP contribution in [0.4, 0.5) is 11.4 Å². The molecule has 3 heteroatoms. The van der Waals surface area contributed by atoms with Gasteiger partial charge in [-0.1, -0.05) is 12.1 Å². The Hall–Kier alpha value is -1.22. The first-order valence-corrected chi connectivity index (χ1v) is 6.67. The largest absolute Gasteiger partial charge is 0.371 e. The van der Waals surface area contributed by atoms with E-state index in [1.54, 1.807) is 5.56 Å². The summed E-state index contributed by atoms with van der Waals surface area (Å²) in [6.45, 7) is 4.69. The number of nitrogens with one attached hydrogen (secondary N) is 1. The second kappa shape index (κ2) is 3.39. The third-order valence-corrected chi connectivity index (χ3v) is 4.67. The molecule has 1 fully saturated rings. The van der Waals surface area contributed by atoms with Gasteiger partial charge >= 0.3 is 0 Å². The molecule has 0 radical (unpaired) electrons. The molecule has 3 aliphatic rings. The van der Waals surface area contributed by atoms with Crippen LogP contribution < -0.4 is 15.1 Å².